The second-order valence-electron chi connectivity index (χ2n) is 5.47. The molecule has 0 bridgehead atoms. The van der Waals surface area contributed by atoms with Crippen molar-refractivity contribution in [3.05, 3.63) is 68.7 Å². The van der Waals surface area contributed by atoms with Gasteiger partial charge in [-0.2, -0.15) is 0 Å². The van der Waals surface area contributed by atoms with Crippen LogP contribution in [0, 0.1) is 10.1 Å². The van der Waals surface area contributed by atoms with Crippen molar-refractivity contribution in [3.63, 3.8) is 0 Å². The number of nitrogens with zero attached hydrogens (tertiary/aromatic N) is 1. The van der Waals surface area contributed by atoms with Gasteiger partial charge in [0.1, 0.15) is 25.0 Å². The van der Waals surface area contributed by atoms with Crippen molar-refractivity contribution in [1.82, 2.24) is 5.32 Å². The average Bonchev–Trinajstić information content (AvgIpc) is 2.66. The number of benzene rings is 2. The van der Waals surface area contributed by atoms with Crippen molar-refractivity contribution in [2.24, 2.45) is 0 Å². The van der Waals surface area contributed by atoms with Crippen molar-refractivity contribution >= 4 is 33.5 Å². The molecule has 1 atom stereocenters. The maximum atomic E-state index is 12.1. The molecule has 0 fully saturated rings. The van der Waals surface area contributed by atoms with Gasteiger partial charge in [-0.05, 0) is 37.3 Å². The van der Waals surface area contributed by atoms with Gasteiger partial charge in [-0.15, -0.1) is 0 Å². The Hall–Kier alpha value is -2.94. The van der Waals surface area contributed by atoms with Gasteiger partial charge in [-0.25, -0.2) is 4.79 Å². The van der Waals surface area contributed by atoms with E-state index in [1.807, 2.05) is 12.1 Å². The largest absolute Gasteiger partial charge is 0.490 e. The zero-order valence-corrected chi connectivity index (χ0v) is 16.0. The number of nitro groups is 1. The molecule has 0 heterocycles. The number of non-ortho nitro benzene ring substituents is 1. The summed E-state index contributed by atoms with van der Waals surface area (Å²) in [7, 11) is 0. The van der Waals surface area contributed by atoms with E-state index in [2.05, 4.69) is 21.2 Å². The number of nitro benzene ring substituents is 1. The van der Waals surface area contributed by atoms with Crippen molar-refractivity contribution in [3.8, 4) is 5.75 Å². The highest BCUT2D eigenvalue weighted by atomic mass is 79.9. The van der Waals surface area contributed by atoms with Crippen LogP contribution in [0.25, 0.3) is 0 Å². The Morgan fingerprint density at radius 3 is 2.56 bits per heavy atom. The summed E-state index contributed by atoms with van der Waals surface area (Å²) in [5, 5.41) is 13.2. The second kappa shape index (κ2) is 9.67. The SMILES string of the molecule is C[C@H](NC(=O)c1cccc([N+](=O)[O-])c1)C(=O)OCCOc1ccc(Br)cc1. The molecular weight excluding hydrogens is 420 g/mol. The van der Waals surface area contributed by atoms with Crippen molar-refractivity contribution in [1.29, 1.82) is 0 Å². The molecule has 8 nitrogen and oxygen atoms in total. The molecule has 2 aromatic rings. The van der Waals surface area contributed by atoms with E-state index in [-0.39, 0.29) is 24.5 Å². The van der Waals surface area contributed by atoms with Crippen LogP contribution in [0.4, 0.5) is 5.69 Å². The van der Waals surface area contributed by atoms with E-state index in [4.69, 9.17) is 9.47 Å². The Balaban J connectivity index is 1.77. The minimum Gasteiger partial charge on any atom is -0.490 e. The van der Waals surface area contributed by atoms with Crippen LogP contribution < -0.4 is 10.1 Å². The standard InChI is InChI=1S/C18H17BrN2O6/c1-12(20-17(22)13-3-2-4-15(11-13)21(24)25)18(23)27-10-9-26-16-7-5-14(19)6-8-16/h2-8,11-12H,9-10H2,1H3,(H,20,22)/t12-/m0/s1. The number of halogens is 1. The molecule has 9 heteroatoms. The lowest BCUT2D eigenvalue weighted by Crippen LogP contribution is -2.40. The van der Waals surface area contributed by atoms with Crippen molar-refractivity contribution in [2.45, 2.75) is 13.0 Å². The first-order chi connectivity index (χ1) is 12.9. The van der Waals surface area contributed by atoms with Crippen molar-refractivity contribution < 1.29 is 24.0 Å². The van der Waals surface area contributed by atoms with Gasteiger partial charge in [0.15, 0.2) is 0 Å². The normalized spacial score (nSPS) is 11.3. The first-order valence-electron chi connectivity index (χ1n) is 7.97. The van der Waals surface area contributed by atoms with Crippen LogP contribution in [0.5, 0.6) is 5.75 Å². The summed E-state index contributed by atoms with van der Waals surface area (Å²) in [6.07, 6.45) is 0. The molecule has 0 aliphatic carbocycles. The Morgan fingerprint density at radius 1 is 1.19 bits per heavy atom. The van der Waals surface area contributed by atoms with E-state index >= 15 is 0 Å². The van der Waals surface area contributed by atoms with Gasteiger partial charge >= 0.3 is 5.97 Å². The highest BCUT2D eigenvalue weighted by Crippen LogP contribution is 2.16. The predicted octanol–water partition coefficient (Wildman–Crippen LogP) is 3.10. The number of amides is 1. The number of esters is 1. The van der Waals surface area contributed by atoms with Crippen LogP contribution in [0.3, 0.4) is 0 Å². The number of carbonyl (C=O) groups is 2. The molecule has 0 saturated heterocycles. The summed E-state index contributed by atoms with van der Waals surface area (Å²) >= 11 is 3.32. The summed E-state index contributed by atoms with van der Waals surface area (Å²) in [5.74, 6) is -0.594. The summed E-state index contributed by atoms with van der Waals surface area (Å²) in [6.45, 7) is 1.65. The fourth-order valence-corrected chi connectivity index (χ4v) is 2.32. The monoisotopic (exact) mass is 436 g/mol. The molecule has 1 amide bonds. The molecule has 1 N–H and O–H groups in total. The predicted molar refractivity (Wildman–Crippen MR) is 101 cm³/mol. The lowest BCUT2D eigenvalue weighted by Gasteiger charge is -2.14. The molecule has 142 valence electrons. The third kappa shape index (κ3) is 6.37. The Labute approximate surface area is 163 Å². The third-order valence-corrected chi connectivity index (χ3v) is 3.96. The molecule has 0 aromatic heterocycles. The summed E-state index contributed by atoms with van der Waals surface area (Å²) in [6, 6.07) is 11.5. The molecule has 0 aliphatic rings. The van der Waals surface area contributed by atoms with Crippen LogP contribution in [0.15, 0.2) is 53.0 Å². The quantitative estimate of drug-likeness (QED) is 0.294. The van der Waals surface area contributed by atoms with Gasteiger partial charge in [0.2, 0.25) is 0 Å². The molecule has 2 aromatic carbocycles. The average molecular weight is 437 g/mol. The Morgan fingerprint density at radius 2 is 1.89 bits per heavy atom. The first kappa shape index (κ1) is 20.4. The molecular formula is C18H17BrN2O6. The van der Waals surface area contributed by atoms with Gasteiger partial charge in [-0.1, -0.05) is 22.0 Å². The highest BCUT2D eigenvalue weighted by Gasteiger charge is 2.19. The van der Waals surface area contributed by atoms with Crippen LogP contribution in [0.1, 0.15) is 17.3 Å². The minimum atomic E-state index is -0.913. The number of hydrogen-bond acceptors (Lipinski definition) is 6. The molecule has 2 rings (SSSR count). The smallest absolute Gasteiger partial charge is 0.328 e. The van der Waals surface area contributed by atoms with E-state index in [0.717, 1.165) is 10.5 Å². The third-order valence-electron chi connectivity index (χ3n) is 3.43. The number of rotatable bonds is 8. The van der Waals surface area contributed by atoms with E-state index in [1.54, 1.807) is 12.1 Å². The van der Waals surface area contributed by atoms with E-state index in [1.165, 1.54) is 25.1 Å². The molecule has 0 unspecified atom stereocenters. The first-order valence-corrected chi connectivity index (χ1v) is 8.76. The minimum absolute atomic E-state index is 0.0198. The maximum Gasteiger partial charge on any atom is 0.328 e. The summed E-state index contributed by atoms with van der Waals surface area (Å²) < 4.78 is 11.4. The van der Waals surface area contributed by atoms with E-state index in [9.17, 15) is 19.7 Å². The van der Waals surface area contributed by atoms with Gasteiger partial charge in [-0.3, -0.25) is 14.9 Å². The molecule has 27 heavy (non-hydrogen) atoms. The Kier molecular flexibility index (Phi) is 7.30. The highest BCUT2D eigenvalue weighted by molar-refractivity contribution is 9.10. The van der Waals surface area contributed by atoms with Gasteiger partial charge in [0.25, 0.3) is 11.6 Å². The second-order valence-corrected chi connectivity index (χ2v) is 6.39. The summed E-state index contributed by atoms with van der Waals surface area (Å²) in [4.78, 5) is 34.2. The molecule has 0 saturated carbocycles. The molecule has 0 radical (unpaired) electrons. The Bertz CT molecular complexity index is 825. The number of nitrogens with one attached hydrogen (secondary N) is 1. The van der Waals surface area contributed by atoms with E-state index < -0.39 is 22.8 Å². The van der Waals surface area contributed by atoms with Crippen LogP contribution in [-0.4, -0.2) is 36.1 Å². The van der Waals surface area contributed by atoms with Crippen LogP contribution >= 0.6 is 15.9 Å². The van der Waals surface area contributed by atoms with Gasteiger partial charge in [0, 0.05) is 22.2 Å². The topological polar surface area (TPSA) is 108 Å². The zero-order valence-electron chi connectivity index (χ0n) is 14.4. The summed E-state index contributed by atoms with van der Waals surface area (Å²) in [5.41, 5.74) is -0.120. The van der Waals surface area contributed by atoms with E-state index in [0.29, 0.717) is 5.75 Å². The number of hydrogen-bond donors (Lipinski definition) is 1. The molecule has 0 aliphatic heterocycles. The lowest BCUT2D eigenvalue weighted by atomic mass is 10.2. The van der Waals surface area contributed by atoms with Crippen LogP contribution in [-0.2, 0) is 9.53 Å². The van der Waals surface area contributed by atoms with Crippen LogP contribution in [0.2, 0.25) is 0 Å². The lowest BCUT2D eigenvalue weighted by molar-refractivity contribution is -0.384. The fourth-order valence-electron chi connectivity index (χ4n) is 2.06. The number of ether oxygens (including phenoxy) is 2. The maximum absolute atomic E-state index is 12.1. The van der Waals surface area contributed by atoms with Gasteiger partial charge in [0.05, 0.1) is 4.92 Å². The fraction of sp³-hybridized carbons (Fsp3) is 0.222. The zero-order chi connectivity index (χ0) is 19.8. The van der Waals surface area contributed by atoms with Crippen molar-refractivity contribution in [2.75, 3.05) is 13.2 Å². The van der Waals surface area contributed by atoms with Gasteiger partial charge < -0.3 is 14.8 Å². The number of carbonyl (C=O) groups excluding carboxylic acids is 2. The molecule has 0 spiro atoms.